The third kappa shape index (κ3) is 10.2. The quantitative estimate of drug-likeness (QED) is 0.0565. The summed E-state index contributed by atoms with van der Waals surface area (Å²) in [4.78, 5) is 44.0. The summed E-state index contributed by atoms with van der Waals surface area (Å²) >= 11 is 0. The van der Waals surface area contributed by atoms with Crippen molar-refractivity contribution < 1.29 is 24.2 Å². The molecule has 11 heteroatoms. The van der Waals surface area contributed by atoms with Crippen molar-refractivity contribution in [2.45, 2.75) is 56.8 Å². The van der Waals surface area contributed by atoms with Gasteiger partial charge in [0, 0.05) is 29.2 Å². The first-order chi connectivity index (χ1) is 24.3. The molecule has 11 nitrogen and oxygen atoms in total. The number of carbonyl (C=O) groups is 3. The lowest BCUT2D eigenvalue weighted by atomic mass is 10.0. The standard InChI is InChI=1S/C39H44N6O5/c40-21-7-6-12-35(44-37(47)33(41)22-26-13-19-31(20-14-26)50-25-27-8-2-1-3-9-27)38(48)45-36(39(49)43-29-15-17-30(46)18-16-29)23-28-24-42-34-11-5-4-10-32(28)34/h1-5,8-11,13-20,24,33,35-36,42,46H,6-7,12,21-23,25,40-41H2,(H,43,49)(H,44,47)(H,45,48)/t33-,35-,36-/m0/s1. The fraction of sp³-hybridized carbons (Fsp3) is 0.256. The Morgan fingerprint density at radius 3 is 2.18 bits per heavy atom. The van der Waals surface area contributed by atoms with Gasteiger partial charge in [-0.15, -0.1) is 0 Å². The third-order valence-electron chi connectivity index (χ3n) is 8.41. The molecule has 0 saturated carbocycles. The molecule has 0 bridgehead atoms. The molecule has 5 rings (SSSR count). The van der Waals surface area contributed by atoms with Crippen molar-refractivity contribution >= 4 is 34.3 Å². The zero-order valence-corrected chi connectivity index (χ0v) is 27.8. The number of H-pyrrole nitrogens is 1. The van der Waals surface area contributed by atoms with Gasteiger partial charge in [-0.2, -0.15) is 0 Å². The number of rotatable bonds is 17. The second-order valence-electron chi connectivity index (χ2n) is 12.2. The molecular formula is C39H44N6O5. The second-order valence-corrected chi connectivity index (χ2v) is 12.2. The minimum Gasteiger partial charge on any atom is -0.508 e. The van der Waals surface area contributed by atoms with Crippen molar-refractivity contribution in [1.29, 1.82) is 0 Å². The molecule has 0 spiro atoms. The smallest absolute Gasteiger partial charge is 0.247 e. The number of hydrogen-bond acceptors (Lipinski definition) is 7. The zero-order valence-electron chi connectivity index (χ0n) is 27.8. The lowest BCUT2D eigenvalue weighted by molar-refractivity contribution is -0.131. The summed E-state index contributed by atoms with van der Waals surface area (Å²) in [6.45, 7) is 0.877. The van der Waals surface area contributed by atoms with E-state index in [1.54, 1.807) is 12.1 Å². The Balaban J connectivity index is 1.25. The molecule has 1 aromatic heterocycles. The van der Waals surface area contributed by atoms with E-state index >= 15 is 0 Å². The highest BCUT2D eigenvalue weighted by atomic mass is 16.5. The Morgan fingerprint density at radius 1 is 0.740 bits per heavy atom. The molecular weight excluding hydrogens is 632 g/mol. The highest BCUT2D eigenvalue weighted by Crippen LogP contribution is 2.21. The maximum Gasteiger partial charge on any atom is 0.247 e. The van der Waals surface area contributed by atoms with Gasteiger partial charge >= 0.3 is 0 Å². The van der Waals surface area contributed by atoms with Crippen LogP contribution >= 0.6 is 0 Å². The van der Waals surface area contributed by atoms with Gasteiger partial charge < -0.3 is 42.2 Å². The minimum atomic E-state index is -0.985. The number of unbranched alkanes of at least 4 members (excludes halogenated alkanes) is 1. The summed E-state index contributed by atoms with van der Waals surface area (Å²) in [5.41, 5.74) is 16.2. The van der Waals surface area contributed by atoms with Crippen molar-refractivity contribution in [3.05, 3.63) is 126 Å². The number of ether oxygens (including phenoxy) is 1. The number of amides is 3. The Kier molecular flexibility index (Phi) is 12.6. The molecule has 0 aliphatic rings. The first-order valence-corrected chi connectivity index (χ1v) is 16.8. The summed E-state index contributed by atoms with van der Waals surface area (Å²) in [7, 11) is 0. The lowest BCUT2D eigenvalue weighted by Gasteiger charge is -2.24. The van der Waals surface area contributed by atoms with E-state index in [1.165, 1.54) is 12.1 Å². The van der Waals surface area contributed by atoms with Crippen LogP contribution in [0.3, 0.4) is 0 Å². The van der Waals surface area contributed by atoms with E-state index in [2.05, 4.69) is 20.9 Å². The number of para-hydroxylation sites is 1. The lowest BCUT2D eigenvalue weighted by Crippen LogP contribution is -2.55. The van der Waals surface area contributed by atoms with Crippen LogP contribution < -0.4 is 32.2 Å². The Hall–Kier alpha value is -5.65. The minimum absolute atomic E-state index is 0.0609. The SMILES string of the molecule is NCCCC[C@H](NC(=O)[C@@H](N)Cc1ccc(OCc2ccccc2)cc1)C(=O)N[C@@H](Cc1c[nH]c2ccccc12)C(=O)Nc1ccc(O)cc1. The van der Waals surface area contributed by atoms with Gasteiger partial charge in [0.1, 0.15) is 30.2 Å². The normalized spacial score (nSPS) is 12.8. The average Bonchev–Trinajstić information content (AvgIpc) is 3.54. The summed E-state index contributed by atoms with van der Waals surface area (Å²) in [5.74, 6) is -0.679. The summed E-state index contributed by atoms with van der Waals surface area (Å²) in [6.07, 6.45) is 3.81. The van der Waals surface area contributed by atoms with Crippen LogP contribution in [0.15, 0.2) is 109 Å². The highest BCUT2D eigenvalue weighted by molar-refractivity contribution is 5.99. The first-order valence-electron chi connectivity index (χ1n) is 16.8. The van der Waals surface area contributed by atoms with Gasteiger partial charge in [-0.05, 0) is 91.4 Å². The molecule has 0 aliphatic carbocycles. The van der Waals surface area contributed by atoms with Crippen LogP contribution in [0, 0.1) is 0 Å². The number of benzene rings is 4. The molecule has 3 atom stereocenters. The van der Waals surface area contributed by atoms with Crippen LogP contribution in [-0.2, 0) is 33.8 Å². The summed E-state index contributed by atoms with van der Waals surface area (Å²) in [5, 5.41) is 19.1. The van der Waals surface area contributed by atoms with Crippen molar-refractivity contribution in [3.63, 3.8) is 0 Å². The molecule has 3 amide bonds. The van der Waals surface area contributed by atoms with Crippen molar-refractivity contribution in [1.82, 2.24) is 15.6 Å². The number of carbonyl (C=O) groups excluding carboxylic acids is 3. The number of aromatic amines is 1. The molecule has 4 aromatic carbocycles. The van der Waals surface area contributed by atoms with E-state index in [9.17, 15) is 19.5 Å². The summed E-state index contributed by atoms with van der Waals surface area (Å²) < 4.78 is 5.86. The van der Waals surface area contributed by atoms with Gasteiger partial charge in [-0.1, -0.05) is 60.7 Å². The maximum atomic E-state index is 13.8. The van der Waals surface area contributed by atoms with Gasteiger partial charge in [-0.3, -0.25) is 14.4 Å². The Labute approximate surface area is 291 Å². The number of fused-ring (bicyclic) bond motifs is 1. The van der Waals surface area contributed by atoms with E-state index < -0.39 is 35.8 Å². The van der Waals surface area contributed by atoms with E-state index in [4.69, 9.17) is 16.2 Å². The molecule has 260 valence electrons. The third-order valence-corrected chi connectivity index (χ3v) is 8.41. The van der Waals surface area contributed by atoms with E-state index in [0.29, 0.717) is 43.9 Å². The van der Waals surface area contributed by atoms with Crippen molar-refractivity contribution in [2.24, 2.45) is 11.5 Å². The second kappa shape index (κ2) is 17.7. The fourth-order valence-corrected chi connectivity index (χ4v) is 5.63. The number of aromatic hydroxyl groups is 1. The Bertz CT molecular complexity index is 1840. The number of nitrogens with two attached hydrogens (primary N) is 2. The summed E-state index contributed by atoms with van der Waals surface area (Å²) in [6, 6.07) is 28.2. The molecule has 0 aliphatic heterocycles. The Morgan fingerprint density at radius 2 is 1.44 bits per heavy atom. The zero-order chi connectivity index (χ0) is 35.3. The number of anilines is 1. The van der Waals surface area contributed by atoms with Gasteiger partial charge in [0.25, 0.3) is 0 Å². The van der Waals surface area contributed by atoms with Gasteiger partial charge in [0.05, 0.1) is 6.04 Å². The molecule has 5 aromatic rings. The average molecular weight is 677 g/mol. The van der Waals surface area contributed by atoms with Gasteiger partial charge in [0.2, 0.25) is 17.7 Å². The molecule has 50 heavy (non-hydrogen) atoms. The predicted octanol–water partition coefficient (Wildman–Crippen LogP) is 4.30. The van der Waals surface area contributed by atoms with Gasteiger partial charge in [0.15, 0.2) is 0 Å². The van der Waals surface area contributed by atoms with Gasteiger partial charge in [-0.25, -0.2) is 0 Å². The monoisotopic (exact) mass is 676 g/mol. The van der Waals surface area contributed by atoms with Crippen LogP contribution in [-0.4, -0.2) is 52.5 Å². The number of hydrogen-bond donors (Lipinski definition) is 7. The highest BCUT2D eigenvalue weighted by Gasteiger charge is 2.29. The molecule has 0 radical (unpaired) electrons. The van der Waals surface area contributed by atoms with E-state index in [0.717, 1.165) is 27.6 Å². The van der Waals surface area contributed by atoms with Crippen LogP contribution in [0.1, 0.15) is 36.0 Å². The molecule has 1 heterocycles. The molecule has 0 fully saturated rings. The number of nitrogens with one attached hydrogen (secondary N) is 4. The van der Waals surface area contributed by atoms with Crippen molar-refractivity contribution in [2.75, 3.05) is 11.9 Å². The molecule has 9 N–H and O–H groups in total. The van der Waals surface area contributed by atoms with Crippen LogP contribution in [0.2, 0.25) is 0 Å². The number of phenolic OH excluding ortho intramolecular Hbond substituents is 1. The predicted molar refractivity (Wildman–Crippen MR) is 194 cm³/mol. The molecule has 0 saturated heterocycles. The van der Waals surface area contributed by atoms with E-state index in [1.807, 2.05) is 85.1 Å². The first kappa shape index (κ1) is 35.7. The molecule has 0 unspecified atom stereocenters. The van der Waals surface area contributed by atoms with E-state index in [-0.39, 0.29) is 18.6 Å². The largest absolute Gasteiger partial charge is 0.508 e. The van der Waals surface area contributed by atoms with Crippen molar-refractivity contribution in [3.8, 4) is 11.5 Å². The fourth-order valence-electron chi connectivity index (χ4n) is 5.63. The van der Waals surface area contributed by atoms with Crippen LogP contribution in [0.5, 0.6) is 11.5 Å². The number of aromatic nitrogens is 1. The maximum absolute atomic E-state index is 13.8. The number of phenols is 1. The topological polar surface area (TPSA) is 185 Å². The van der Waals surface area contributed by atoms with Crippen LogP contribution in [0.25, 0.3) is 10.9 Å². The van der Waals surface area contributed by atoms with Crippen LogP contribution in [0.4, 0.5) is 5.69 Å².